The van der Waals surface area contributed by atoms with Gasteiger partial charge in [0.25, 0.3) is 0 Å². The molecule has 0 radical (unpaired) electrons. The first-order valence-corrected chi connectivity index (χ1v) is 5.92. The minimum Gasteiger partial charge on any atom is -0.497 e. The number of nitrogens with zero attached hydrogens (tertiary/aromatic N) is 2. The Labute approximate surface area is 117 Å². The smallest absolute Gasteiger partial charge is 0.136 e. The molecule has 3 N–H and O–H groups in total. The topological polar surface area (TPSA) is 84.9 Å². The van der Waals surface area contributed by atoms with Gasteiger partial charge < -0.3 is 10.5 Å². The van der Waals surface area contributed by atoms with Gasteiger partial charge in [-0.1, -0.05) is 5.92 Å². The molecule has 0 saturated heterocycles. The predicted molar refractivity (Wildman–Crippen MR) is 77.9 cm³/mol. The van der Waals surface area contributed by atoms with Crippen molar-refractivity contribution in [1.82, 2.24) is 9.97 Å². The quantitative estimate of drug-likeness (QED) is 0.641. The Morgan fingerprint density at radius 3 is 2.85 bits per heavy atom. The maximum atomic E-state index is 7.91. The largest absolute Gasteiger partial charge is 0.497 e. The van der Waals surface area contributed by atoms with Gasteiger partial charge in [-0.2, -0.15) is 0 Å². The number of benzene rings is 1. The van der Waals surface area contributed by atoms with Crippen LogP contribution in [0.1, 0.15) is 16.7 Å². The molecular weight excluding hydrogens is 252 g/mol. The van der Waals surface area contributed by atoms with Gasteiger partial charge in [-0.3, -0.25) is 5.41 Å². The monoisotopic (exact) mass is 266 g/mol. The zero-order valence-corrected chi connectivity index (χ0v) is 11.3. The Morgan fingerprint density at radius 1 is 1.35 bits per heavy atom. The van der Waals surface area contributed by atoms with Crippen LogP contribution >= 0.6 is 0 Å². The van der Waals surface area contributed by atoms with Crippen LogP contribution in [0.2, 0.25) is 0 Å². The van der Waals surface area contributed by atoms with E-state index in [0.29, 0.717) is 5.56 Å². The zero-order chi connectivity index (χ0) is 14.5. The number of aryl methyl sites for hydroxylation is 1. The number of anilines is 1. The first kappa shape index (κ1) is 13.6. The maximum absolute atomic E-state index is 7.91. The summed E-state index contributed by atoms with van der Waals surface area (Å²) in [6, 6.07) is 5.66. The minimum atomic E-state index is 0.0866. The van der Waals surface area contributed by atoms with Crippen molar-refractivity contribution in [3.8, 4) is 17.6 Å². The second-order valence-electron chi connectivity index (χ2n) is 4.19. The van der Waals surface area contributed by atoms with Gasteiger partial charge in [-0.05, 0) is 36.6 Å². The molecule has 0 unspecified atom stereocenters. The number of aromatic nitrogens is 2. The van der Waals surface area contributed by atoms with Gasteiger partial charge in [-0.15, -0.1) is 0 Å². The highest BCUT2D eigenvalue weighted by atomic mass is 16.5. The molecule has 0 aliphatic rings. The molecule has 0 aliphatic carbocycles. The summed E-state index contributed by atoms with van der Waals surface area (Å²) in [6.45, 7) is 1.96. The van der Waals surface area contributed by atoms with Crippen molar-refractivity contribution in [2.45, 2.75) is 6.92 Å². The predicted octanol–water partition coefficient (Wildman–Crippen LogP) is 1.80. The molecule has 5 nitrogen and oxygen atoms in total. The molecule has 0 amide bonds. The normalized spacial score (nSPS) is 9.50. The summed E-state index contributed by atoms with van der Waals surface area (Å²) in [5.74, 6) is 6.66. The Morgan fingerprint density at radius 2 is 2.15 bits per heavy atom. The standard InChI is InChI=1S/C15H14N4O/c1-10-5-11(7-12(6-10)20-2)3-4-14(16)13-8-18-9-19-15(13)17/h5-9,16H,1-2H3,(H2,17,18,19). The number of hydrogen-bond acceptors (Lipinski definition) is 5. The molecule has 0 atom stereocenters. The van der Waals surface area contributed by atoms with Crippen LogP contribution in [0, 0.1) is 24.2 Å². The molecule has 2 aromatic rings. The minimum absolute atomic E-state index is 0.0866. The van der Waals surface area contributed by atoms with E-state index in [9.17, 15) is 0 Å². The average Bonchev–Trinajstić information content (AvgIpc) is 2.44. The van der Waals surface area contributed by atoms with Gasteiger partial charge in [0.05, 0.1) is 12.7 Å². The molecule has 2 rings (SSSR count). The number of hydrogen-bond donors (Lipinski definition) is 2. The number of nitrogens with two attached hydrogens (primary N) is 1. The Balaban J connectivity index is 2.29. The van der Waals surface area contributed by atoms with Crippen molar-refractivity contribution >= 4 is 11.5 Å². The van der Waals surface area contributed by atoms with Crippen LogP contribution in [0.15, 0.2) is 30.7 Å². The van der Waals surface area contributed by atoms with Gasteiger partial charge in [0.15, 0.2) is 0 Å². The maximum Gasteiger partial charge on any atom is 0.136 e. The van der Waals surface area contributed by atoms with Crippen molar-refractivity contribution < 1.29 is 4.74 Å². The van der Waals surface area contributed by atoms with Crippen molar-refractivity contribution in [2.75, 3.05) is 12.8 Å². The second-order valence-corrected chi connectivity index (χ2v) is 4.19. The van der Waals surface area contributed by atoms with Crippen molar-refractivity contribution in [2.24, 2.45) is 0 Å². The van der Waals surface area contributed by atoms with Crippen LogP contribution in [0.25, 0.3) is 0 Å². The molecule has 1 aromatic carbocycles. The Kier molecular flexibility index (Phi) is 3.96. The fraction of sp³-hybridized carbons (Fsp3) is 0.133. The third-order valence-corrected chi connectivity index (χ3v) is 2.63. The lowest BCUT2D eigenvalue weighted by Gasteiger charge is -2.02. The van der Waals surface area contributed by atoms with E-state index in [-0.39, 0.29) is 11.5 Å². The summed E-state index contributed by atoms with van der Waals surface area (Å²) in [6.07, 6.45) is 2.82. The van der Waals surface area contributed by atoms with Gasteiger partial charge in [-0.25, -0.2) is 9.97 Å². The van der Waals surface area contributed by atoms with E-state index in [1.54, 1.807) is 7.11 Å². The van der Waals surface area contributed by atoms with E-state index in [1.807, 2.05) is 25.1 Å². The van der Waals surface area contributed by atoms with Crippen molar-refractivity contribution in [3.05, 3.63) is 47.4 Å². The van der Waals surface area contributed by atoms with E-state index < -0.39 is 0 Å². The highest BCUT2D eigenvalue weighted by molar-refractivity contribution is 6.13. The zero-order valence-electron chi connectivity index (χ0n) is 11.3. The molecule has 5 heteroatoms. The van der Waals surface area contributed by atoms with Crippen molar-refractivity contribution in [1.29, 1.82) is 5.41 Å². The summed E-state index contributed by atoms with van der Waals surface area (Å²) < 4.78 is 5.18. The summed E-state index contributed by atoms with van der Waals surface area (Å²) in [5.41, 5.74) is 8.02. The van der Waals surface area contributed by atoms with Gasteiger partial charge in [0.2, 0.25) is 0 Å². The number of nitrogen functional groups attached to an aromatic ring is 1. The van der Waals surface area contributed by atoms with E-state index >= 15 is 0 Å². The van der Waals surface area contributed by atoms with E-state index in [1.165, 1.54) is 12.5 Å². The van der Waals surface area contributed by atoms with Gasteiger partial charge in [0.1, 0.15) is 23.6 Å². The van der Waals surface area contributed by atoms with Crippen LogP contribution in [-0.2, 0) is 0 Å². The van der Waals surface area contributed by atoms with Gasteiger partial charge >= 0.3 is 0 Å². The highest BCUT2D eigenvalue weighted by Crippen LogP contribution is 2.15. The van der Waals surface area contributed by atoms with E-state index in [0.717, 1.165) is 16.9 Å². The molecular formula is C15H14N4O. The first-order chi connectivity index (χ1) is 9.60. The van der Waals surface area contributed by atoms with E-state index in [2.05, 4.69) is 21.8 Å². The summed E-state index contributed by atoms with van der Waals surface area (Å²) in [5, 5.41) is 7.91. The molecule has 20 heavy (non-hydrogen) atoms. The fourth-order valence-electron chi connectivity index (χ4n) is 1.67. The molecule has 1 aromatic heterocycles. The third kappa shape index (κ3) is 3.12. The average molecular weight is 266 g/mol. The first-order valence-electron chi connectivity index (χ1n) is 5.92. The molecule has 0 bridgehead atoms. The molecule has 0 saturated carbocycles. The second kappa shape index (κ2) is 5.85. The Bertz CT molecular complexity index is 713. The highest BCUT2D eigenvalue weighted by Gasteiger charge is 2.04. The van der Waals surface area contributed by atoms with Crippen LogP contribution in [0.5, 0.6) is 5.75 Å². The lowest BCUT2D eigenvalue weighted by Crippen LogP contribution is -2.04. The lowest BCUT2D eigenvalue weighted by atomic mass is 10.1. The van der Waals surface area contributed by atoms with Crippen LogP contribution < -0.4 is 10.5 Å². The number of ether oxygens (including phenoxy) is 1. The number of methoxy groups -OCH3 is 1. The van der Waals surface area contributed by atoms with Gasteiger partial charge in [0, 0.05) is 11.8 Å². The van der Waals surface area contributed by atoms with Crippen molar-refractivity contribution in [3.63, 3.8) is 0 Å². The fourth-order valence-corrected chi connectivity index (χ4v) is 1.67. The lowest BCUT2D eigenvalue weighted by molar-refractivity contribution is 0.414. The van der Waals surface area contributed by atoms with Crippen LogP contribution in [0.4, 0.5) is 5.82 Å². The number of rotatable bonds is 2. The van der Waals surface area contributed by atoms with E-state index in [4.69, 9.17) is 15.9 Å². The molecule has 100 valence electrons. The third-order valence-electron chi connectivity index (χ3n) is 2.63. The summed E-state index contributed by atoms with van der Waals surface area (Å²) in [4.78, 5) is 7.68. The molecule has 1 heterocycles. The number of nitrogens with one attached hydrogen (secondary N) is 1. The molecule has 0 fully saturated rings. The Hall–Kier alpha value is -2.87. The summed E-state index contributed by atoms with van der Waals surface area (Å²) >= 11 is 0. The molecule has 0 spiro atoms. The SMILES string of the molecule is COc1cc(C)cc(C#CC(=N)c2cncnc2N)c1. The van der Waals surface area contributed by atoms with Crippen LogP contribution in [-0.4, -0.2) is 22.8 Å². The van der Waals surface area contributed by atoms with Crippen LogP contribution in [0.3, 0.4) is 0 Å². The summed E-state index contributed by atoms with van der Waals surface area (Å²) in [7, 11) is 1.61. The molecule has 0 aliphatic heterocycles.